The molecular formula is C9H20S7. The summed E-state index contributed by atoms with van der Waals surface area (Å²) < 4.78 is 0.919. The summed E-state index contributed by atoms with van der Waals surface area (Å²) in [7, 11) is 6.49. The van der Waals surface area contributed by atoms with Gasteiger partial charge in [-0.3, -0.25) is 0 Å². The number of rotatable bonds is 8. The zero-order valence-electron chi connectivity index (χ0n) is 9.46. The van der Waals surface area contributed by atoms with Crippen molar-refractivity contribution in [3.8, 4) is 0 Å². The highest BCUT2D eigenvalue weighted by Gasteiger charge is 2.22. The Morgan fingerprint density at radius 2 is 2.25 bits per heavy atom. The Morgan fingerprint density at radius 3 is 3.00 bits per heavy atom. The van der Waals surface area contributed by atoms with Gasteiger partial charge in [-0.05, 0) is 12.2 Å². The molecule has 0 aliphatic carbocycles. The Kier molecular flexibility index (Phi) is 11.6. The molecule has 0 amide bonds. The van der Waals surface area contributed by atoms with E-state index in [0.717, 1.165) is 9.67 Å². The molecule has 1 aliphatic rings. The van der Waals surface area contributed by atoms with Crippen LogP contribution in [-0.4, -0.2) is 37.8 Å². The van der Waals surface area contributed by atoms with Gasteiger partial charge in [0.05, 0.1) is 0 Å². The second-order valence-electron chi connectivity index (χ2n) is 3.06. The summed E-state index contributed by atoms with van der Waals surface area (Å²) in [6.07, 6.45) is 1.41. The van der Waals surface area contributed by atoms with Crippen LogP contribution in [0, 0.1) is 0 Å². The fraction of sp³-hybridized carbons (Fsp3) is 1.00. The Morgan fingerprint density at radius 1 is 1.38 bits per heavy atom. The molecule has 0 nitrogen and oxygen atoms in total. The van der Waals surface area contributed by atoms with E-state index >= 15 is 0 Å². The maximum atomic E-state index is 4.36. The minimum absolute atomic E-state index is 0.209. The highest BCUT2D eigenvalue weighted by molar-refractivity contribution is 8.88. The largest absolute Gasteiger partial charge is 0.183 e. The Balaban J connectivity index is 2.11. The smallest absolute Gasteiger partial charge is 0.0428 e. The predicted molar refractivity (Wildman–Crippen MR) is 99.2 cm³/mol. The molecule has 7 heteroatoms. The van der Waals surface area contributed by atoms with Gasteiger partial charge in [-0.1, -0.05) is 28.5 Å². The number of hydrogen-bond donors (Lipinski definition) is 2. The maximum Gasteiger partial charge on any atom is 0.0428 e. The van der Waals surface area contributed by atoms with E-state index in [1.165, 1.54) is 34.5 Å². The van der Waals surface area contributed by atoms with Crippen molar-refractivity contribution in [2.24, 2.45) is 0 Å². The third-order valence-electron chi connectivity index (χ3n) is 1.94. The van der Waals surface area contributed by atoms with E-state index in [-0.39, 0.29) is 9.93 Å². The lowest BCUT2D eigenvalue weighted by atomic mass is 10.6. The third kappa shape index (κ3) is 7.14. The van der Waals surface area contributed by atoms with Gasteiger partial charge in [0, 0.05) is 32.0 Å². The Bertz CT molecular complexity index is 164. The van der Waals surface area contributed by atoms with Crippen molar-refractivity contribution in [2.45, 2.75) is 17.9 Å². The van der Waals surface area contributed by atoms with E-state index in [0.29, 0.717) is 0 Å². The van der Waals surface area contributed by atoms with E-state index < -0.39 is 0 Å². The number of thioether (sulfide) groups is 2. The predicted octanol–water partition coefficient (Wildman–Crippen LogP) is 5.08. The second kappa shape index (κ2) is 11.3. The molecule has 98 valence electrons. The summed E-state index contributed by atoms with van der Waals surface area (Å²) >= 11 is 8.59. The molecule has 0 radical (unpaired) electrons. The molecule has 16 heavy (non-hydrogen) atoms. The summed E-state index contributed by atoms with van der Waals surface area (Å²) in [6, 6.07) is 0. The normalized spacial score (nSPS) is 28.1. The van der Waals surface area contributed by atoms with Gasteiger partial charge in [-0.2, -0.15) is 34.3 Å². The average molecular weight is 353 g/mol. The van der Waals surface area contributed by atoms with Crippen LogP contribution in [0.2, 0.25) is 0 Å². The summed E-state index contributed by atoms with van der Waals surface area (Å²) in [5.41, 5.74) is 0. The van der Waals surface area contributed by atoms with Crippen LogP contribution >= 0.6 is 78.5 Å². The molecule has 0 saturated carbocycles. The molecule has 0 bridgehead atoms. The quantitative estimate of drug-likeness (QED) is 0.270. The highest BCUT2D eigenvalue weighted by atomic mass is 33.1. The topological polar surface area (TPSA) is 0 Å². The van der Waals surface area contributed by atoms with Gasteiger partial charge in [0.25, 0.3) is 0 Å². The zero-order valence-corrected chi connectivity index (χ0v) is 15.3. The first-order valence-electron chi connectivity index (χ1n) is 5.32. The maximum absolute atomic E-state index is 4.36. The molecule has 1 rings (SSSR count). The van der Waals surface area contributed by atoms with Gasteiger partial charge in [-0.15, -0.1) is 22.6 Å². The van der Waals surface area contributed by atoms with Crippen molar-refractivity contribution in [1.82, 2.24) is 0 Å². The van der Waals surface area contributed by atoms with Crippen LogP contribution in [-0.2, 0) is 0 Å². The van der Waals surface area contributed by atoms with Crippen molar-refractivity contribution in [3.05, 3.63) is 0 Å². The van der Waals surface area contributed by atoms with Crippen LogP contribution in [0.1, 0.15) is 13.3 Å². The monoisotopic (exact) mass is 352 g/mol. The van der Waals surface area contributed by atoms with Crippen molar-refractivity contribution < 1.29 is 0 Å². The van der Waals surface area contributed by atoms with Crippen molar-refractivity contribution in [2.75, 3.05) is 33.2 Å². The van der Waals surface area contributed by atoms with Crippen molar-refractivity contribution in [1.29, 1.82) is 0 Å². The minimum atomic E-state index is 0.209. The van der Waals surface area contributed by atoms with E-state index in [4.69, 9.17) is 0 Å². The highest BCUT2D eigenvalue weighted by Crippen LogP contribution is 2.55. The van der Waals surface area contributed by atoms with Crippen molar-refractivity contribution >= 4 is 78.5 Å². The molecule has 0 aromatic rings. The van der Waals surface area contributed by atoms with Crippen LogP contribution < -0.4 is 0 Å². The first-order valence-corrected chi connectivity index (χ1v) is 13.8. The number of thiol groups is 2. The molecule has 1 saturated heterocycles. The molecule has 0 aromatic carbocycles. The summed E-state index contributed by atoms with van der Waals surface area (Å²) in [5, 5.41) is 2.41. The molecule has 2 unspecified atom stereocenters. The third-order valence-corrected chi connectivity index (χ3v) is 14.7. The summed E-state index contributed by atoms with van der Waals surface area (Å²) in [6.45, 7) is 2.23. The van der Waals surface area contributed by atoms with E-state index in [1.54, 1.807) is 0 Å². The van der Waals surface area contributed by atoms with Gasteiger partial charge in [-0.25, -0.2) is 0 Å². The Labute approximate surface area is 128 Å². The molecule has 0 spiro atoms. The van der Waals surface area contributed by atoms with Crippen LogP contribution in [0.3, 0.4) is 0 Å². The van der Waals surface area contributed by atoms with Crippen LogP contribution in [0.5, 0.6) is 0 Å². The standard InChI is InChI=1S/C9H20S7/c1-2-13-14-5-6-15-16-8-11-4-3-9(16)12-7-10/h9-10,16H,2-8H2,1H3. The summed E-state index contributed by atoms with van der Waals surface area (Å²) in [4.78, 5) is 0. The summed E-state index contributed by atoms with van der Waals surface area (Å²) in [5.74, 6) is 5.25. The first-order chi connectivity index (χ1) is 7.88. The molecule has 0 aromatic heterocycles. The minimum Gasteiger partial charge on any atom is -0.183 e. The van der Waals surface area contributed by atoms with Gasteiger partial charge in [0.15, 0.2) is 0 Å². The lowest BCUT2D eigenvalue weighted by Gasteiger charge is -2.33. The van der Waals surface area contributed by atoms with Gasteiger partial charge in [0.2, 0.25) is 0 Å². The molecule has 1 aliphatic heterocycles. The van der Waals surface area contributed by atoms with E-state index in [1.807, 2.05) is 21.6 Å². The average Bonchev–Trinajstić information content (AvgIpc) is 2.31. The van der Waals surface area contributed by atoms with Crippen LogP contribution in [0.15, 0.2) is 0 Å². The van der Waals surface area contributed by atoms with Crippen molar-refractivity contribution in [3.63, 3.8) is 0 Å². The zero-order chi connectivity index (χ0) is 11.6. The fourth-order valence-corrected chi connectivity index (χ4v) is 14.7. The molecule has 2 atom stereocenters. The van der Waals surface area contributed by atoms with Crippen LogP contribution in [0.25, 0.3) is 0 Å². The first kappa shape index (κ1) is 16.5. The second-order valence-corrected chi connectivity index (χ2v) is 14.4. The number of hydrogen-bond acceptors (Lipinski definition) is 6. The van der Waals surface area contributed by atoms with Gasteiger partial charge in [0.1, 0.15) is 0 Å². The van der Waals surface area contributed by atoms with Gasteiger partial charge < -0.3 is 0 Å². The molecule has 1 fully saturated rings. The molecule has 1 heterocycles. The van der Waals surface area contributed by atoms with Crippen LogP contribution in [0.4, 0.5) is 0 Å². The molecular weight excluding hydrogens is 333 g/mol. The van der Waals surface area contributed by atoms with E-state index in [2.05, 4.69) is 53.9 Å². The lowest BCUT2D eigenvalue weighted by Crippen LogP contribution is -2.11. The lowest BCUT2D eigenvalue weighted by molar-refractivity contribution is 1.07. The molecule has 0 N–H and O–H groups in total. The SMILES string of the molecule is CCSSCCS[SH]1CSCCC1SCS. The van der Waals surface area contributed by atoms with E-state index in [9.17, 15) is 0 Å². The Hall–Kier alpha value is 2.45. The fourth-order valence-electron chi connectivity index (χ4n) is 1.27. The van der Waals surface area contributed by atoms with Gasteiger partial charge >= 0.3 is 0 Å².